The number of imidazole rings is 1. The summed E-state index contributed by atoms with van der Waals surface area (Å²) in [5, 5.41) is 0. The van der Waals surface area contributed by atoms with Gasteiger partial charge in [0, 0.05) is 25.3 Å². The summed E-state index contributed by atoms with van der Waals surface area (Å²) in [6.45, 7) is 9.63. The molecule has 0 bridgehead atoms. The molecule has 1 atom stereocenters. The maximum Gasteiger partial charge on any atom is 0.0951 e. The van der Waals surface area contributed by atoms with E-state index < -0.39 is 0 Å². The van der Waals surface area contributed by atoms with Gasteiger partial charge in [0.1, 0.15) is 0 Å². The molecule has 0 amide bonds. The molecule has 0 saturated heterocycles. The molecule has 1 aliphatic carbocycles. The Morgan fingerprint density at radius 2 is 2.21 bits per heavy atom. The first-order valence-corrected chi connectivity index (χ1v) is 7.63. The maximum atomic E-state index is 6.08. The second kappa shape index (κ2) is 6.53. The van der Waals surface area contributed by atoms with E-state index in [0.29, 0.717) is 18.6 Å². The van der Waals surface area contributed by atoms with Gasteiger partial charge in [0.2, 0.25) is 0 Å². The third kappa shape index (κ3) is 3.57. The van der Waals surface area contributed by atoms with Gasteiger partial charge in [-0.3, -0.25) is 4.90 Å². The summed E-state index contributed by atoms with van der Waals surface area (Å²) >= 11 is 0. The van der Waals surface area contributed by atoms with Crippen LogP contribution in [0.4, 0.5) is 0 Å². The number of rotatable bonds is 8. The summed E-state index contributed by atoms with van der Waals surface area (Å²) in [6.07, 6.45) is 7.89. The fourth-order valence-corrected chi connectivity index (χ4v) is 2.75. The van der Waals surface area contributed by atoms with Crippen molar-refractivity contribution in [2.45, 2.75) is 52.1 Å². The van der Waals surface area contributed by atoms with E-state index in [-0.39, 0.29) is 0 Å². The number of nitrogens with two attached hydrogens (primary N) is 1. The molecule has 0 spiro atoms. The van der Waals surface area contributed by atoms with Crippen molar-refractivity contribution in [1.82, 2.24) is 14.5 Å². The van der Waals surface area contributed by atoms with Gasteiger partial charge in [-0.1, -0.05) is 6.92 Å². The minimum absolute atomic E-state index is 0.311. The molecule has 2 rings (SSSR count). The van der Waals surface area contributed by atoms with Crippen LogP contribution < -0.4 is 5.73 Å². The Kier molecular flexibility index (Phi) is 4.99. The number of aromatic nitrogens is 2. The van der Waals surface area contributed by atoms with Crippen LogP contribution in [-0.2, 0) is 0 Å². The first-order chi connectivity index (χ1) is 9.17. The van der Waals surface area contributed by atoms with Gasteiger partial charge in [-0.25, -0.2) is 4.98 Å². The zero-order chi connectivity index (χ0) is 13.8. The van der Waals surface area contributed by atoms with Gasteiger partial charge < -0.3 is 10.3 Å². The Labute approximate surface area is 117 Å². The van der Waals surface area contributed by atoms with Crippen LogP contribution in [0.2, 0.25) is 0 Å². The van der Waals surface area contributed by atoms with E-state index in [4.69, 9.17) is 5.73 Å². The van der Waals surface area contributed by atoms with Crippen LogP contribution in [-0.4, -0.2) is 34.1 Å². The highest BCUT2D eigenvalue weighted by Crippen LogP contribution is 2.33. The summed E-state index contributed by atoms with van der Waals surface area (Å²) in [4.78, 5) is 6.89. The summed E-state index contributed by atoms with van der Waals surface area (Å²) in [7, 11) is 0. The largest absolute Gasteiger partial charge is 0.331 e. The van der Waals surface area contributed by atoms with Crippen LogP contribution in [0.5, 0.6) is 0 Å². The predicted octanol–water partition coefficient (Wildman–Crippen LogP) is 2.59. The van der Waals surface area contributed by atoms with E-state index in [0.717, 1.165) is 12.5 Å². The van der Waals surface area contributed by atoms with Gasteiger partial charge in [-0.2, -0.15) is 0 Å². The molecule has 0 aliphatic heterocycles. The minimum atomic E-state index is 0.311. The average molecular weight is 264 g/mol. The SMILES string of the molecule is CCCN(CC1CC1)C(CN)c1cncn1C(C)C. The first-order valence-electron chi connectivity index (χ1n) is 7.63. The molecule has 2 N–H and O–H groups in total. The van der Waals surface area contributed by atoms with E-state index in [1.807, 2.05) is 12.5 Å². The second-order valence-electron chi connectivity index (χ2n) is 6.01. The third-order valence-electron chi connectivity index (χ3n) is 3.96. The number of nitrogens with zero attached hydrogens (tertiary/aromatic N) is 3. The molecule has 1 fully saturated rings. The van der Waals surface area contributed by atoms with Gasteiger partial charge in [0.15, 0.2) is 0 Å². The van der Waals surface area contributed by atoms with Crippen molar-refractivity contribution < 1.29 is 0 Å². The van der Waals surface area contributed by atoms with Crippen LogP contribution in [0.25, 0.3) is 0 Å². The van der Waals surface area contributed by atoms with Crippen LogP contribution in [0.15, 0.2) is 12.5 Å². The van der Waals surface area contributed by atoms with Crippen LogP contribution in [0, 0.1) is 5.92 Å². The molecule has 4 nitrogen and oxygen atoms in total. The Morgan fingerprint density at radius 3 is 2.74 bits per heavy atom. The molecule has 1 unspecified atom stereocenters. The van der Waals surface area contributed by atoms with Crippen LogP contribution in [0.3, 0.4) is 0 Å². The molecule has 1 saturated carbocycles. The molecular weight excluding hydrogens is 236 g/mol. The Hall–Kier alpha value is -0.870. The Balaban J connectivity index is 2.16. The maximum absolute atomic E-state index is 6.08. The van der Waals surface area contributed by atoms with Crippen molar-refractivity contribution in [2.75, 3.05) is 19.6 Å². The quantitative estimate of drug-likeness (QED) is 0.785. The molecule has 4 heteroatoms. The highest BCUT2D eigenvalue weighted by Gasteiger charge is 2.29. The van der Waals surface area contributed by atoms with Crippen molar-refractivity contribution in [3.63, 3.8) is 0 Å². The summed E-state index contributed by atoms with van der Waals surface area (Å²) < 4.78 is 2.26. The van der Waals surface area contributed by atoms with Crippen molar-refractivity contribution in [3.8, 4) is 0 Å². The fraction of sp³-hybridized carbons (Fsp3) is 0.800. The van der Waals surface area contributed by atoms with Gasteiger partial charge in [0.05, 0.1) is 18.1 Å². The third-order valence-corrected chi connectivity index (χ3v) is 3.96. The minimum Gasteiger partial charge on any atom is -0.331 e. The molecule has 1 heterocycles. The van der Waals surface area contributed by atoms with Crippen LogP contribution in [0.1, 0.15) is 57.8 Å². The summed E-state index contributed by atoms with van der Waals surface area (Å²) in [6, 6.07) is 0.751. The molecule has 1 aromatic rings. The van der Waals surface area contributed by atoms with Gasteiger partial charge in [0.25, 0.3) is 0 Å². The van der Waals surface area contributed by atoms with Gasteiger partial charge in [-0.05, 0) is 45.6 Å². The zero-order valence-electron chi connectivity index (χ0n) is 12.5. The fourth-order valence-electron chi connectivity index (χ4n) is 2.75. The van der Waals surface area contributed by atoms with E-state index in [9.17, 15) is 0 Å². The van der Waals surface area contributed by atoms with Crippen LogP contribution >= 0.6 is 0 Å². The van der Waals surface area contributed by atoms with E-state index in [2.05, 4.69) is 35.2 Å². The lowest BCUT2D eigenvalue weighted by molar-refractivity contribution is 0.185. The molecule has 108 valence electrons. The Morgan fingerprint density at radius 1 is 1.47 bits per heavy atom. The molecular formula is C15H28N4. The standard InChI is InChI=1S/C15H28N4/c1-4-7-18(10-13-5-6-13)14(8-16)15-9-17-11-19(15)12(2)3/h9,11-14H,4-8,10,16H2,1-3H3. The lowest BCUT2D eigenvalue weighted by atomic mass is 10.1. The monoisotopic (exact) mass is 264 g/mol. The van der Waals surface area contributed by atoms with E-state index >= 15 is 0 Å². The smallest absolute Gasteiger partial charge is 0.0951 e. The molecule has 1 aromatic heterocycles. The summed E-state index contributed by atoms with van der Waals surface area (Å²) in [5.74, 6) is 0.899. The number of hydrogen-bond donors (Lipinski definition) is 1. The highest BCUT2D eigenvalue weighted by molar-refractivity contribution is 5.08. The van der Waals surface area contributed by atoms with E-state index in [1.165, 1.54) is 31.5 Å². The molecule has 1 aliphatic rings. The van der Waals surface area contributed by atoms with Crippen molar-refractivity contribution >= 4 is 0 Å². The molecule has 0 aromatic carbocycles. The summed E-state index contributed by atoms with van der Waals surface area (Å²) in [5.41, 5.74) is 7.35. The molecule has 0 radical (unpaired) electrons. The lowest BCUT2D eigenvalue weighted by Crippen LogP contribution is -2.37. The normalized spacial score (nSPS) is 17.4. The van der Waals surface area contributed by atoms with Gasteiger partial charge in [-0.15, -0.1) is 0 Å². The lowest BCUT2D eigenvalue weighted by Gasteiger charge is -2.32. The van der Waals surface area contributed by atoms with Crippen molar-refractivity contribution in [2.24, 2.45) is 11.7 Å². The number of hydrogen-bond acceptors (Lipinski definition) is 3. The van der Waals surface area contributed by atoms with E-state index in [1.54, 1.807) is 0 Å². The Bertz CT molecular complexity index is 381. The van der Waals surface area contributed by atoms with Crippen molar-refractivity contribution in [1.29, 1.82) is 0 Å². The second-order valence-corrected chi connectivity index (χ2v) is 6.01. The topological polar surface area (TPSA) is 47.1 Å². The van der Waals surface area contributed by atoms with Gasteiger partial charge >= 0.3 is 0 Å². The average Bonchev–Trinajstić information content (AvgIpc) is 3.05. The highest BCUT2D eigenvalue weighted by atomic mass is 15.2. The first kappa shape index (κ1) is 14.5. The van der Waals surface area contributed by atoms with Crippen molar-refractivity contribution in [3.05, 3.63) is 18.2 Å². The predicted molar refractivity (Wildman–Crippen MR) is 79.0 cm³/mol. The zero-order valence-corrected chi connectivity index (χ0v) is 12.5. The molecule has 19 heavy (non-hydrogen) atoms.